The number of hydrogen-bond donors (Lipinski definition) is 0. The van der Waals surface area contributed by atoms with Gasteiger partial charge in [0, 0.05) is 27.6 Å². The predicted molar refractivity (Wildman–Crippen MR) is 278 cm³/mol. The molecule has 0 unspecified atom stereocenters. The van der Waals surface area contributed by atoms with Gasteiger partial charge in [-0.3, -0.25) is 0 Å². The SMILES string of the molecule is c1ccc(-c2nc(-c3cccc(-c4cccc(-c5cc6ccc7cccc8c9cccc%10ccc%11cccc(c(c5)c6c78)c%11c%109)c4)c3)nc(-c3ccccc3-c3cc4ccccc4o3)n2)cc1. The average molecular weight is 852 g/mol. The first-order chi connectivity index (χ1) is 33.2. The molecule has 0 fully saturated rings. The molecule has 0 radical (unpaired) electrons. The number of fused-ring (bicyclic) bond motifs is 3. The van der Waals surface area contributed by atoms with Crippen LogP contribution in [0.4, 0.5) is 0 Å². The van der Waals surface area contributed by atoms with E-state index in [0.717, 1.165) is 55.7 Å². The third-order valence-corrected chi connectivity index (χ3v) is 13.6. The first kappa shape index (κ1) is 37.4. The number of hydrogen-bond acceptors (Lipinski definition) is 4. The van der Waals surface area contributed by atoms with E-state index in [-0.39, 0.29) is 0 Å². The summed E-state index contributed by atoms with van der Waals surface area (Å²) < 4.78 is 6.38. The van der Waals surface area contributed by atoms with Gasteiger partial charge in [-0.05, 0) is 123 Å². The summed E-state index contributed by atoms with van der Waals surface area (Å²) in [6.07, 6.45) is 0. The van der Waals surface area contributed by atoms with Gasteiger partial charge in [0.2, 0.25) is 0 Å². The molecule has 0 aliphatic rings. The van der Waals surface area contributed by atoms with E-state index in [1.807, 2.05) is 60.7 Å². The van der Waals surface area contributed by atoms with Crippen molar-refractivity contribution in [3.8, 4) is 67.7 Å². The number of benzene rings is 11. The van der Waals surface area contributed by atoms with E-state index < -0.39 is 0 Å². The van der Waals surface area contributed by atoms with Crippen LogP contribution in [0.25, 0.3) is 143 Å². The van der Waals surface area contributed by atoms with Crippen LogP contribution in [0.5, 0.6) is 0 Å². The summed E-state index contributed by atoms with van der Waals surface area (Å²) in [6.45, 7) is 0. The number of rotatable bonds is 6. The molecular weight excluding hydrogens is 815 g/mol. The van der Waals surface area contributed by atoms with Crippen molar-refractivity contribution in [2.24, 2.45) is 0 Å². The van der Waals surface area contributed by atoms with E-state index in [0.29, 0.717) is 17.5 Å². The molecule has 14 rings (SSSR count). The van der Waals surface area contributed by atoms with E-state index in [4.69, 9.17) is 19.4 Å². The van der Waals surface area contributed by atoms with Crippen molar-refractivity contribution >= 4 is 75.6 Å². The first-order valence-corrected chi connectivity index (χ1v) is 22.7. The lowest BCUT2D eigenvalue weighted by molar-refractivity contribution is 0.631. The van der Waals surface area contributed by atoms with Gasteiger partial charge >= 0.3 is 0 Å². The Hall–Kier alpha value is -8.99. The molecule has 0 saturated carbocycles. The molecule has 67 heavy (non-hydrogen) atoms. The van der Waals surface area contributed by atoms with Gasteiger partial charge in [-0.25, -0.2) is 15.0 Å². The van der Waals surface area contributed by atoms with Gasteiger partial charge in [0.05, 0.1) is 0 Å². The molecule has 2 heterocycles. The summed E-state index contributed by atoms with van der Waals surface area (Å²) in [7, 11) is 0. The van der Waals surface area contributed by atoms with Gasteiger partial charge in [-0.1, -0.05) is 188 Å². The summed E-state index contributed by atoms with van der Waals surface area (Å²) in [4.78, 5) is 15.4. The van der Waals surface area contributed by atoms with Crippen LogP contribution in [0.1, 0.15) is 0 Å². The zero-order valence-corrected chi connectivity index (χ0v) is 36.1. The highest BCUT2D eigenvalue weighted by molar-refractivity contribution is 6.37. The van der Waals surface area contributed by atoms with E-state index in [1.165, 1.54) is 70.2 Å². The molecule has 2 aromatic heterocycles. The van der Waals surface area contributed by atoms with Gasteiger partial charge in [0.1, 0.15) is 11.3 Å². The minimum Gasteiger partial charge on any atom is -0.456 e. The lowest BCUT2D eigenvalue weighted by Gasteiger charge is -2.17. The largest absolute Gasteiger partial charge is 0.456 e. The van der Waals surface area contributed by atoms with Crippen molar-refractivity contribution in [1.82, 2.24) is 15.0 Å². The first-order valence-electron chi connectivity index (χ1n) is 22.7. The molecule has 310 valence electrons. The van der Waals surface area contributed by atoms with Crippen molar-refractivity contribution in [1.29, 1.82) is 0 Å². The fourth-order valence-electron chi connectivity index (χ4n) is 10.5. The molecule has 0 bridgehead atoms. The molecule has 14 aromatic rings. The summed E-state index contributed by atoms with van der Waals surface area (Å²) >= 11 is 0. The smallest absolute Gasteiger partial charge is 0.164 e. The topological polar surface area (TPSA) is 51.8 Å². The van der Waals surface area contributed by atoms with Crippen LogP contribution >= 0.6 is 0 Å². The highest BCUT2D eigenvalue weighted by Crippen LogP contribution is 2.45. The second kappa shape index (κ2) is 14.8. The highest BCUT2D eigenvalue weighted by Gasteiger charge is 2.20. The summed E-state index contributed by atoms with van der Waals surface area (Å²) in [6, 6.07) is 80.2. The summed E-state index contributed by atoms with van der Waals surface area (Å²) in [5.41, 5.74) is 8.95. The Bertz CT molecular complexity index is 4240. The molecule has 0 aliphatic heterocycles. The molecule has 0 saturated heterocycles. The van der Waals surface area contributed by atoms with Crippen molar-refractivity contribution in [3.05, 3.63) is 224 Å². The van der Waals surface area contributed by atoms with Gasteiger partial charge in [-0.2, -0.15) is 0 Å². The Kier molecular flexibility index (Phi) is 8.25. The highest BCUT2D eigenvalue weighted by atomic mass is 16.3. The molecule has 0 atom stereocenters. The second-order valence-electron chi connectivity index (χ2n) is 17.5. The molecule has 0 aliphatic carbocycles. The molecule has 0 N–H and O–H groups in total. The van der Waals surface area contributed by atoms with Crippen LogP contribution in [0.2, 0.25) is 0 Å². The zero-order valence-electron chi connectivity index (χ0n) is 36.1. The van der Waals surface area contributed by atoms with Crippen LogP contribution in [0, 0.1) is 0 Å². The van der Waals surface area contributed by atoms with Crippen LogP contribution in [0.3, 0.4) is 0 Å². The number of nitrogens with zero attached hydrogens (tertiary/aromatic N) is 3. The lowest BCUT2D eigenvalue weighted by atomic mass is 9.86. The van der Waals surface area contributed by atoms with Crippen molar-refractivity contribution < 1.29 is 4.42 Å². The van der Waals surface area contributed by atoms with Crippen molar-refractivity contribution in [2.75, 3.05) is 0 Å². The van der Waals surface area contributed by atoms with Crippen LogP contribution in [-0.2, 0) is 0 Å². The van der Waals surface area contributed by atoms with Crippen LogP contribution in [-0.4, -0.2) is 15.0 Å². The average Bonchev–Trinajstić information content (AvgIpc) is 3.84. The standard InChI is InChI=1S/C63H37N3O/c1-2-13-41(14-3-1)61-64-62(66-63(65-61)53-24-6-5-23-49(53)56-37-45-15-4-7-28-55(45)67-56)47-22-9-20-43(34-47)42-19-8-21-44(33-42)48-35-46-32-31-40-17-11-26-51-50-25-10-16-38-29-30-39-18-12-27-52(59(39)57(38)50)54(36-48)60(46)58(40)51/h1-37H. The fourth-order valence-corrected chi connectivity index (χ4v) is 10.5. The van der Waals surface area contributed by atoms with Crippen LogP contribution in [0.15, 0.2) is 229 Å². The summed E-state index contributed by atoms with van der Waals surface area (Å²) in [5.74, 6) is 2.55. The Morgan fingerprint density at radius 3 is 1.39 bits per heavy atom. The maximum absolute atomic E-state index is 6.38. The normalized spacial score (nSPS) is 11.9. The minimum atomic E-state index is 0.578. The van der Waals surface area contributed by atoms with Gasteiger partial charge in [0.15, 0.2) is 17.5 Å². The van der Waals surface area contributed by atoms with E-state index in [9.17, 15) is 0 Å². The number of para-hydroxylation sites is 1. The van der Waals surface area contributed by atoms with Crippen molar-refractivity contribution in [2.45, 2.75) is 0 Å². The molecule has 12 aromatic carbocycles. The maximum atomic E-state index is 6.38. The van der Waals surface area contributed by atoms with E-state index in [1.54, 1.807) is 0 Å². The van der Waals surface area contributed by atoms with Crippen LogP contribution < -0.4 is 0 Å². The van der Waals surface area contributed by atoms with E-state index >= 15 is 0 Å². The summed E-state index contributed by atoms with van der Waals surface area (Å²) in [5, 5.41) is 16.3. The van der Waals surface area contributed by atoms with E-state index in [2.05, 4.69) is 164 Å². The van der Waals surface area contributed by atoms with Crippen molar-refractivity contribution in [3.63, 3.8) is 0 Å². The molecular formula is C63H37N3O. The minimum absolute atomic E-state index is 0.578. The second-order valence-corrected chi connectivity index (χ2v) is 17.5. The fraction of sp³-hybridized carbons (Fsp3) is 0. The molecule has 0 amide bonds. The van der Waals surface area contributed by atoms with Gasteiger partial charge in [-0.15, -0.1) is 0 Å². The quantitative estimate of drug-likeness (QED) is 0.156. The zero-order chi connectivity index (χ0) is 44.0. The number of aromatic nitrogens is 3. The molecule has 4 heteroatoms. The maximum Gasteiger partial charge on any atom is 0.164 e. The third-order valence-electron chi connectivity index (χ3n) is 13.6. The van der Waals surface area contributed by atoms with Gasteiger partial charge < -0.3 is 4.42 Å². The Balaban J connectivity index is 0.925. The molecule has 0 spiro atoms. The Labute approximate surface area is 385 Å². The van der Waals surface area contributed by atoms with Gasteiger partial charge in [0.25, 0.3) is 0 Å². The Morgan fingerprint density at radius 2 is 0.716 bits per heavy atom. The lowest BCUT2D eigenvalue weighted by Crippen LogP contribution is -2.01. The molecule has 4 nitrogen and oxygen atoms in total. The third kappa shape index (κ3) is 6.04. The Morgan fingerprint density at radius 1 is 0.254 bits per heavy atom. The predicted octanol–water partition coefficient (Wildman–Crippen LogP) is 17.0. The number of furan rings is 1. The monoisotopic (exact) mass is 851 g/mol.